The van der Waals surface area contributed by atoms with Crippen LogP contribution >= 0.6 is 15.9 Å². The lowest BCUT2D eigenvalue weighted by Gasteiger charge is -2.21. The molecule has 0 aliphatic heterocycles. The van der Waals surface area contributed by atoms with Gasteiger partial charge >= 0.3 is 0 Å². The highest BCUT2D eigenvalue weighted by atomic mass is 79.9. The molecule has 106 valence electrons. The maximum absolute atomic E-state index is 13.6. The van der Waals surface area contributed by atoms with Gasteiger partial charge in [-0.3, -0.25) is 0 Å². The van der Waals surface area contributed by atoms with E-state index < -0.39 is 6.10 Å². The van der Waals surface area contributed by atoms with Crippen LogP contribution in [0.15, 0.2) is 46.9 Å². The Morgan fingerprint density at radius 2 is 1.95 bits per heavy atom. The van der Waals surface area contributed by atoms with Crippen LogP contribution in [0.5, 0.6) is 0 Å². The van der Waals surface area contributed by atoms with Gasteiger partial charge in [0.2, 0.25) is 0 Å². The standard InChI is InChI=1S/C16H17BrFNO/c1-11(20)14-8-7-13(9-15(14)17)19(2)10-12-5-3-4-6-16(12)18/h3-9,11,20H,10H2,1-2H3/t11-/m1/s1. The molecule has 0 aromatic heterocycles. The Bertz CT molecular complexity index is 601. The largest absolute Gasteiger partial charge is 0.389 e. The van der Waals surface area contributed by atoms with E-state index in [1.165, 1.54) is 6.07 Å². The molecule has 0 aliphatic rings. The van der Waals surface area contributed by atoms with E-state index in [4.69, 9.17) is 0 Å². The highest BCUT2D eigenvalue weighted by molar-refractivity contribution is 9.10. The lowest BCUT2D eigenvalue weighted by molar-refractivity contribution is 0.198. The second kappa shape index (κ2) is 6.37. The van der Waals surface area contributed by atoms with Crippen molar-refractivity contribution in [1.29, 1.82) is 0 Å². The molecule has 1 atom stereocenters. The summed E-state index contributed by atoms with van der Waals surface area (Å²) in [7, 11) is 1.91. The fraction of sp³-hybridized carbons (Fsp3) is 0.250. The van der Waals surface area contributed by atoms with Gasteiger partial charge in [0.1, 0.15) is 5.82 Å². The van der Waals surface area contributed by atoms with Crippen molar-refractivity contribution in [3.63, 3.8) is 0 Å². The van der Waals surface area contributed by atoms with Gasteiger partial charge in [0, 0.05) is 29.3 Å². The molecule has 2 rings (SSSR count). The molecule has 20 heavy (non-hydrogen) atoms. The minimum Gasteiger partial charge on any atom is -0.389 e. The van der Waals surface area contributed by atoms with Gasteiger partial charge in [0.15, 0.2) is 0 Å². The Kier molecular flexibility index (Phi) is 4.78. The minimum absolute atomic E-state index is 0.195. The Morgan fingerprint density at radius 1 is 1.25 bits per heavy atom. The molecule has 0 bridgehead atoms. The van der Waals surface area contributed by atoms with Gasteiger partial charge in [-0.15, -0.1) is 0 Å². The zero-order chi connectivity index (χ0) is 14.7. The van der Waals surface area contributed by atoms with Gasteiger partial charge in [0.25, 0.3) is 0 Å². The number of benzene rings is 2. The van der Waals surface area contributed by atoms with Crippen molar-refractivity contribution in [3.8, 4) is 0 Å². The van der Waals surface area contributed by atoms with Crippen molar-refractivity contribution in [2.24, 2.45) is 0 Å². The third kappa shape index (κ3) is 3.38. The molecule has 0 unspecified atom stereocenters. The summed E-state index contributed by atoms with van der Waals surface area (Å²) in [4.78, 5) is 1.97. The number of aliphatic hydroxyl groups is 1. The molecule has 1 N–H and O–H groups in total. The maximum atomic E-state index is 13.6. The molecule has 0 saturated heterocycles. The van der Waals surface area contributed by atoms with E-state index in [2.05, 4.69) is 15.9 Å². The highest BCUT2D eigenvalue weighted by Crippen LogP contribution is 2.28. The summed E-state index contributed by atoms with van der Waals surface area (Å²) in [6.45, 7) is 2.22. The third-order valence-corrected chi connectivity index (χ3v) is 3.93. The van der Waals surface area contributed by atoms with E-state index in [0.29, 0.717) is 12.1 Å². The second-order valence-electron chi connectivity index (χ2n) is 4.83. The molecule has 0 spiro atoms. The number of hydrogen-bond donors (Lipinski definition) is 1. The lowest BCUT2D eigenvalue weighted by atomic mass is 10.1. The Balaban J connectivity index is 2.20. The van der Waals surface area contributed by atoms with Crippen LogP contribution in [-0.2, 0) is 6.54 Å². The molecule has 0 radical (unpaired) electrons. The van der Waals surface area contributed by atoms with Crippen LogP contribution in [0, 0.1) is 5.82 Å². The Hall–Kier alpha value is -1.39. The molecule has 2 aromatic rings. The summed E-state index contributed by atoms with van der Waals surface area (Å²) < 4.78 is 14.5. The number of rotatable bonds is 4. The topological polar surface area (TPSA) is 23.5 Å². The summed E-state index contributed by atoms with van der Waals surface area (Å²) in [5, 5.41) is 9.61. The minimum atomic E-state index is -0.518. The molecule has 4 heteroatoms. The van der Waals surface area contributed by atoms with E-state index in [0.717, 1.165) is 15.7 Å². The highest BCUT2D eigenvalue weighted by Gasteiger charge is 2.10. The first kappa shape index (κ1) is 15.0. The third-order valence-electron chi connectivity index (χ3n) is 3.24. The Morgan fingerprint density at radius 3 is 2.55 bits per heavy atom. The first-order valence-corrected chi connectivity index (χ1v) is 7.20. The van der Waals surface area contributed by atoms with Gasteiger partial charge in [-0.1, -0.05) is 40.2 Å². The summed E-state index contributed by atoms with van der Waals surface area (Å²) >= 11 is 3.46. The first-order chi connectivity index (χ1) is 9.49. The number of hydrogen-bond acceptors (Lipinski definition) is 2. The van der Waals surface area contributed by atoms with Crippen LogP contribution in [0.4, 0.5) is 10.1 Å². The van der Waals surface area contributed by atoms with Crippen molar-refractivity contribution in [2.45, 2.75) is 19.6 Å². The first-order valence-electron chi connectivity index (χ1n) is 6.41. The molecule has 0 fully saturated rings. The molecule has 2 nitrogen and oxygen atoms in total. The predicted octanol–water partition coefficient (Wildman–Crippen LogP) is 4.28. The monoisotopic (exact) mass is 337 g/mol. The van der Waals surface area contributed by atoms with Crippen molar-refractivity contribution >= 4 is 21.6 Å². The van der Waals surface area contributed by atoms with Crippen LogP contribution in [0.3, 0.4) is 0 Å². The quantitative estimate of drug-likeness (QED) is 0.900. The molecule has 2 aromatic carbocycles. The normalized spacial score (nSPS) is 12.2. The maximum Gasteiger partial charge on any atom is 0.128 e. The average molecular weight is 338 g/mol. The molecular weight excluding hydrogens is 321 g/mol. The number of nitrogens with zero attached hydrogens (tertiary/aromatic N) is 1. The number of anilines is 1. The van der Waals surface area contributed by atoms with E-state index in [-0.39, 0.29) is 5.82 Å². The summed E-state index contributed by atoms with van der Waals surface area (Å²) in [5.74, 6) is -0.195. The molecular formula is C16H17BrFNO. The van der Waals surface area contributed by atoms with Crippen molar-refractivity contribution in [2.75, 3.05) is 11.9 Å². The second-order valence-corrected chi connectivity index (χ2v) is 5.68. The van der Waals surface area contributed by atoms with Gasteiger partial charge in [-0.2, -0.15) is 0 Å². The fourth-order valence-corrected chi connectivity index (χ4v) is 2.76. The van der Waals surface area contributed by atoms with Gasteiger partial charge < -0.3 is 10.0 Å². The summed E-state index contributed by atoms with van der Waals surface area (Å²) in [6, 6.07) is 12.5. The van der Waals surface area contributed by atoms with Crippen LogP contribution in [0.2, 0.25) is 0 Å². The van der Waals surface area contributed by atoms with Crippen molar-refractivity contribution < 1.29 is 9.50 Å². The SMILES string of the molecule is C[C@@H](O)c1ccc(N(C)Cc2ccccc2F)cc1Br. The van der Waals surface area contributed by atoms with E-state index in [9.17, 15) is 9.50 Å². The zero-order valence-electron chi connectivity index (χ0n) is 11.5. The van der Waals surface area contributed by atoms with E-state index in [1.54, 1.807) is 19.1 Å². The molecule has 0 saturated carbocycles. The van der Waals surface area contributed by atoms with E-state index in [1.807, 2.05) is 36.2 Å². The predicted molar refractivity (Wildman–Crippen MR) is 83.3 cm³/mol. The number of aliphatic hydroxyl groups excluding tert-OH is 1. The lowest BCUT2D eigenvalue weighted by Crippen LogP contribution is -2.17. The van der Waals surface area contributed by atoms with Gasteiger partial charge in [0.05, 0.1) is 6.10 Å². The van der Waals surface area contributed by atoms with Gasteiger partial charge in [-0.05, 0) is 30.7 Å². The molecule has 0 heterocycles. The summed E-state index contributed by atoms with van der Waals surface area (Å²) in [5.41, 5.74) is 2.46. The molecule has 0 amide bonds. The van der Waals surface area contributed by atoms with Crippen LogP contribution in [-0.4, -0.2) is 12.2 Å². The van der Waals surface area contributed by atoms with E-state index >= 15 is 0 Å². The van der Waals surface area contributed by atoms with Crippen molar-refractivity contribution in [1.82, 2.24) is 0 Å². The average Bonchev–Trinajstić information content (AvgIpc) is 2.40. The van der Waals surface area contributed by atoms with Crippen molar-refractivity contribution in [3.05, 3.63) is 63.9 Å². The van der Waals surface area contributed by atoms with Crippen LogP contribution < -0.4 is 4.90 Å². The Labute approximate surface area is 127 Å². The fourth-order valence-electron chi connectivity index (χ4n) is 2.07. The molecule has 0 aliphatic carbocycles. The summed E-state index contributed by atoms with van der Waals surface area (Å²) in [6.07, 6.45) is -0.518. The zero-order valence-corrected chi connectivity index (χ0v) is 13.1. The van der Waals surface area contributed by atoms with Crippen LogP contribution in [0.25, 0.3) is 0 Å². The smallest absolute Gasteiger partial charge is 0.128 e. The van der Waals surface area contributed by atoms with Gasteiger partial charge in [-0.25, -0.2) is 4.39 Å². The number of halogens is 2. The van der Waals surface area contributed by atoms with Crippen LogP contribution in [0.1, 0.15) is 24.2 Å².